The van der Waals surface area contributed by atoms with Crippen LogP contribution in [0, 0.1) is 0 Å². The van der Waals surface area contributed by atoms with Crippen LogP contribution in [0.3, 0.4) is 0 Å². The van der Waals surface area contributed by atoms with E-state index in [1.807, 2.05) is 18.2 Å². The zero-order chi connectivity index (χ0) is 10.8. The van der Waals surface area contributed by atoms with Crippen LogP contribution in [0.2, 0.25) is 5.02 Å². The molecule has 1 atom stereocenters. The minimum atomic E-state index is 0. The van der Waals surface area contributed by atoms with Crippen molar-refractivity contribution in [3.63, 3.8) is 0 Å². The molecule has 1 saturated heterocycles. The van der Waals surface area contributed by atoms with Gasteiger partial charge in [-0.05, 0) is 18.6 Å². The average Bonchev–Trinajstić information content (AvgIpc) is 2.70. The van der Waals surface area contributed by atoms with Crippen molar-refractivity contribution in [3.05, 3.63) is 23.2 Å². The van der Waals surface area contributed by atoms with E-state index >= 15 is 0 Å². The Morgan fingerprint density at radius 1 is 1.50 bits per heavy atom. The van der Waals surface area contributed by atoms with Crippen LogP contribution in [-0.4, -0.2) is 55.9 Å². The molecule has 1 radical (unpaired) electrons. The summed E-state index contributed by atoms with van der Waals surface area (Å²) in [4.78, 5) is 3.07. The molecule has 0 amide bonds. The van der Waals surface area contributed by atoms with Gasteiger partial charge >= 0.3 is 0 Å². The Labute approximate surface area is 129 Å². The molecule has 0 saturated carbocycles. The summed E-state index contributed by atoms with van der Waals surface area (Å²) in [6.45, 7) is 1.91. The molecule has 83 valence electrons. The van der Waals surface area contributed by atoms with Crippen molar-refractivity contribution in [3.8, 4) is 0 Å². The molecule has 2 nitrogen and oxygen atoms in total. The predicted molar refractivity (Wildman–Crippen MR) is 72.1 cm³/mol. The first kappa shape index (κ1) is 14.7. The normalized spacial score (nSPS) is 19.7. The van der Waals surface area contributed by atoms with Gasteiger partial charge in [-0.3, -0.25) is 0 Å². The molecule has 1 aromatic rings. The number of benzene rings is 1. The Kier molecular flexibility index (Phi) is 5.99. The smallest absolute Gasteiger partial charge is 0.0772 e. The second-order valence-corrected chi connectivity index (χ2v) is 4.56. The second kappa shape index (κ2) is 6.53. The van der Waals surface area contributed by atoms with Crippen molar-refractivity contribution in [1.29, 1.82) is 0 Å². The number of ether oxygens (including phenoxy) is 1. The van der Waals surface area contributed by atoms with Crippen LogP contribution in [0.25, 0.3) is 0 Å². The Morgan fingerprint density at radius 3 is 2.88 bits per heavy atom. The molecule has 0 N–H and O–H groups in total. The fourth-order valence-electron chi connectivity index (χ4n) is 1.89. The number of methoxy groups -OCH3 is 1. The number of hydrogen-bond donors (Lipinski definition) is 1. The number of anilines is 1. The van der Waals surface area contributed by atoms with Gasteiger partial charge in [0.2, 0.25) is 0 Å². The average molecular weight is 267 g/mol. The SMILES string of the molecule is CO[C@H]1CCN(c2cccc(S)c2Cl)C1.[Na]. The monoisotopic (exact) mass is 266 g/mol. The Bertz CT molecular complexity index is 364. The van der Waals surface area contributed by atoms with E-state index in [4.69, 9.17) is 16.3 Å². The Hall–Kier alpha value is 0.620. The van der Waals surface area contributed by atoms with Crippen molar-refractivity contribution < 1.29 is 4.74 Å². The van der Waals surface area contributed by atoms with E-state index in [9.17, 15) is 0 Å². The van der Waals surface area contributed by atoms with Crippen molar-refractivity contribution >= 4 is 59.5 Å². The van der Waals surface area contributed by atoms with Crippen LogP contribution in [0.15, 0.2) is 23.1 Å². The van der Waals surface area contributed by atoms with Crippen molar-refractivity contribution in [1.82, 2.24) is 0 Å². The molecule has 1 aromatic carbocycles. The van der Waals surface area contributed by atoms with E-state index in [-0.39, 0.29) is 29.6 Å². The third kappa shape index (κ3) is 3.09. The van der Waals surface area contributed by atoms with E-state index in [1.165, 1.54) is 0 Å². The molecule has 1 aliphatic heterocycles. The third-order valence-corrected chi connectivity index (χ3v) is 3.68. The summed E-state index contributed by atoms with van der Waals surface area (Å²) in [5, 5.41) is 0.734. The Morgan fingerprint density at radius 2 is 2.25 bits per heavy atom. The fraction of sp³-hybridized carbons (Fsp3) is 0.455. The van der Waals surface area contributed by atoms with Crippen LogP contribution in [0.4, 0.5) is 5.69 Å². The van der Waals surface area contributed by atoms with Crippen LogP contribution in [-0.2, 0) is 4.74 Å². The van der Waals surface area contributed by atoms with Crippen molar-refractivity contribution in [2.45, 2.75) is 17.4 Å². The van der Waals surface area contributed by atoms with Crippen LogP contribution < -0.4 is 4.90 Å². The summed E-state index contributed by atoms with van der Waals surface area (Å²) >= 11 is 10.5. The van der Waals surface area contributed by atoms with Gasteiger partial charge in [-0.1, -0.05) is 17.7 Å². The molecule has 1 heterocycles. The van der Waals surface area contributed by atoms with Crippen LogP contribution in [0.1, 0.15) is 6.42 Å². The summed E-state index contributed by atoms with van der Waals surface area (Å²) in [5.41, 5.74) is 1.06. The summed E-state index contributed by atoms with van der Waals surface area (Å²) < 4.78 is 5.33. The summed E-state index contributed by atoms with van der Waals surface area (Å²) in [6, 6.07) is 5.91. The Balaban J connectivity index is 0.00000128. The van der Waals surface area contributed by atoms with Crippen molar-refractivity contribution in [2.75, 3.05) is 25.1 Å². The molecule has 1 aliphatic rings. The van der Waals surface area contributed by atoms with Gasteiger partial charge in [-0.15, -0.1) is 12.6 Å². The molecule has 2 rings (SSSR count). The summed E-state index contributed by atoms with van der Waals surface area (Å²) in [7, 11) is 1.75. The summed E-state index contributed by atoms with van der Waals surface area (Å²) in [5.74, 6) is 0. The molecular formula is C11H14ClNNaOS. The predicted octanol–water partition coefficient (Wildman–Crippen LogP) is 2.47. The first-order valence-corrected chi connectivity index (χ1v) is 5.80. The number of thiol groups is 1. The molecule has 0 unspecified atom stereocenters. The van der Waals surface area contributed by atoms with E-state index in [1.54, 1.807) is 7.11 Å². The van der Waals surface area contributed by atoms with Gasteiger partial charge in [-0.2, -0.15) is 0 Å². The van der Waals surface area contributed by atoms with Gasteiger partial charge in [0.25, 0.3) is 0 Å². The van der Waals surface area contributed by atoms with E-state index in [2.05, 4.69) is 17.5 Å². The molecule has 1 fully saturated rings. The van der Waals surface area contributed by atoms with Crippen LogP contribution >= 0.6 is 24.2 Å². The van der Waals surface area contributed by atoms with E-state index in [0.29, 0.717) is 6.10 Å². The molecule has 0 aliphatic carbocycles. The standard InChI is InChI=1S/C11H14ClNOS.Na/c1-14-8-5-6-13(7-8)9-3-2-4-10(15)11(9)12;/h2-4,8,15H,5-7H2,1H3;/t8-;/m0./s1. The number of halogens is 1. The van der Waals surface area contributed by atoms with Crippen LogP contribution in [0.5, 0.6) is 0 Å². The zero-order valence-electron chi connectivity index (χ0n) is 9.61. The van der Waals surface area contributed by atoms with Gasteiger partial charge in [0, 0.05) is 54.7 Å². The number of nitrogens with zero attached hydrogens (tertiary/aromatic N) is 1. The maximum atomic E-state index is 6.21. The summed E-state index contributed by atoms with van der Waals surface area (Å²) in [6.07, 6.45) is 1.38. The van der Waals surface area contributed by atoms with Crippen molar-refractivity contribution in [2.24, 2.45) is 0 Å². The second-order valence-electron chi connectivity index (χ2n) is 3.70. The topological polar surface area (TPSA) is 12.5 Å². The molecular weight excluding hydrogens is 253 g/mol. The van der Waals surface area contributed by atoms with Gasteiger partial charge in [-0.25, -0.2) is 0 Å². The largest absolute Gasteiger partial charge is 0.380 e. The van der Waals surface area contributed by atoms with Gasteiger partial charge in [0.1, 0.15) is 0 Å². The van der Waals surface area contributed by atoms with E-state index < -0.39 is 0 Å². The maximum Gasteiger partial charge on any atom is 0.0772 e. The van der Waals surface area contributed by atoms with Gasteiger partial charge < -0.3 is 9.64 Å². The molecule has 16 heavy (non-hydrogen) atoms. The fourth-order valence-corrected chi connectivity index (χ4v) is 2.34. The number of rotatable bonds is 2. The first-order chi connectivity index (χ1) is 7.22. The minimum absolute atomic E-state index is 0. The molecule has 5 heteroatoms. The molecule has 0 spiro atoms. The molecule has 0 aromatic heterocycles. The first-order valence-electron chi connectivity index (χ1n) is 4.97. The van der Waals surface area contributed by atoms with E-state index in [0.717, 1.165) is 35.1 Å². The van der Waals surface area contributed by atoms with Gasteiger partial charge in [0.05, 0.1) is 16.8 Å². The van der Waals surface area contributed by atoms with Gasteiger partial charge in [0.15, 0.2) is 0 Å². The molecule has 0 bridgehead atoms. The maximum absolute atomic E-state index is 6.21. The zero-order valence-corrected chi connectivity index (χ0v) is 13.3. The third-order valence-electron chi connectivity index (χ3n) is 2.78. The quantitative estimate of drug-likeness (QED) is 0.652. The minimum Gasteiger partial charge on any atom is -0.380 e. The number of hydrogen-bond acceptors (Lipinski definition) is 3.